The van der Waals surface area contributed by atoms with Crippen molar-refractivity contribution in [2.75, 3.05) is 32.2 Å². The third kappa shape index (κ3) is 5.52. The van der Waals surface area contributed by atoms with Crippen molar-refractivity contribution in [3.63, 3.8) is 0 Å². The second-order valence-electron chi connectivity index (χ2n) is 8.08. The van der Waals surface area contributed by atoms with E-state index in [4.69, 9.17) is 9.47 Å². The lowest BCUT2D eigenvalue weighted by Crippen LogP contribution is -2.33. The van der Waals surface area contributed by atoms with Crippen LogP contribution in [-0.2, 0) is 14.3 Å². The number of carbonyl (C=O) groups is 2. The van der Waals surface area contributed by atoms with Crippen LogP contribution < -0.4 is 10.1 Å². The molecule has 0 atom stereocenters. The Morgan fingerprint density at radius 2 is 1.65 bits per heavy atom. The lowest BCUT2D eigenvalue weighted by molar-refractivity contribution is -0.136. The fourth-order valence-corrected chi connectivity index (χ4v) is 3.29. The number of carbonyl (C=O) groups excluding carboxylic acids is 2. The Kier molecular flexibility index (Phi) is 7.47. The standard InChI is InChI=1S/C25H30N2O4/c1-17(2)16-31-21-12-8-19(9-13-21)22-23(26-20-10-6-18(3)7-11-20)25(29)27(24(22)28)14-5-15-30-4/h6-13,17,26H,5,14-16H2,1-4H3. The number of amides is 2. The maximum atomic E-state index is 13.2. The fourth-order valence-electron chi connectivity index (χ4n) is 3.29. The lowest BCUT2D eigenvalue weighted by atomic mass is 10.0. The summed E-state index contributed by atoms with van der Waals surface area (Å²) in [5.41, 5.74) is 3.22. The van der Waals surface area contributed by atoms with Crippen LogP contribution in [0, 0.1) is 12.8 Å². The molecule has 0 aliphatic carbocycles. The van der Waals surface area contributed by atoms with Gasteiger partial charge in [0.15, 0.2) is 0 Å². The topological polar surface area (TPSA) is 67.9 Å². The molecular weight excluding hydrogens is 392 g/mol. The molecule has 1 aliphatic heterocycles. The largest absolute Gasteiger partial charge is 0.493 e. The van der Waals surface area contributed by atoms with Gasteiger partial charge in [-0.2, -0.15) is 0 Å². The first-order valence-corrected chi connectivity index (χ1v) is 10.6. The van der Waals surface area contributed by atoms with Gasteiger partial charge in [0, 0.05) is 25.9 Å². The highest BCUT2D eigenvalue weighted by Gasteiger charge is 2.38. The van der Waals surface area contributed by atoms with E-state index in [0.717, 1.165) is 17.0 Å². The van der Waals surface area contributed by atoms with Gasteiger partial charge in [-0.15, -0.1) is 0 Å². The first-order chi connectivity index (χ1) is 14.9. The van der Waals surface area contributed by atoms with E-state index >= 15 is 0 Å². The molecule has 6 nitrogen and oxygen atoms in total. The molecule has 0 fully saturated rings. The summed E-state index contributed by atoms with van der Waals surface area (Å²) in [4.78, 5) is 27.6. The number of nitrogens with zero attached hydrogens (tertiary/aromatic N) is 1. The lowest BCUT2D eigenvalue weighted by Gasteiger charge is -2.15. The SMILES string of the molecule is COCCCN1C(=O)C(Nc2ccc(C)cc2)=C(c2ccc(OCC(C)C)cc2)C1=O. The molecule has 1 heterocycles. The zero-order chi connectivity index (χ0) is 22.4. The highest BCUT2D eigenvalue weighted by atomic mass is 16.5. The van der Waals surface area contributed by atoms with Crippen molar-refractivity contribution in [2.24, 2.45) is 5.92 Å². The van der Waals surface area contributed by atoms with Crippen LogP contribution in [0.1, 0.15) is 31.4 Å². The van der Waals surface area contributed by atoms with E-state index in [1.54, 1.807) is 7.11 Å². The Morgan fingerprint density at radius 3 is 2.26 bits per heavy atom. The average Bonchev–Trinajstić information content (AvgIpc) is 2.98. The van der Waals surface area contributed by atoms with Crippen LogP contribution >= 0.6 is 0 Å². The predicted octanol–water partition coefficient (Wildman–Crippen LogP) is 4.26. The van der Waals surface area contributed by atoms with E-state index in [9.17, 15) is 9.59 Å². The molecule has 2 amide bonds. The van der Waals surface area contributed by atoms with Crippen molar-refractivity contribution in [3.8, 4) is 5.75 Å². The van der Waals surface area contributed by atoms with Crippen molar-refractivity contribution in [3.05, 3.63) is 65.4 Å². The van der Waals surface area contributed by atoms with Crippen LogP contribution in [0.2, 0.25) is 0 Å². The van der Waals surface area contributed by atoms with Gasteiger partial charge in [0.2, 0.25) is 0 Å². The maximum Gasteiger partial charge on any atom is 0.278 e. The Morgan fingerprint density at radius 1 is 0.968 bits per heavy atom. The Hall–Kier alpha value is -3.12. The number of nitrogens with one attached hydrogen (secondary N) is 1. The molecule has 6 heteroatoms. The average molecular weight is 423 g/mol. The van der Waals surface area contributed by atoms with Crippen LogP contribution in [0.25, 0.3) is 5.57 Å². The predicted molar refractivity (Wildman–Crippen MR) is 122 cm³/mol. The van der Waals surface area contributed by atoms with E-state index in [1.807, 2.05) is 55.5 Å². The number of ether oxygens (including phenoxy) is 2. The second kappa shape index (κ2) is 10.3. The quantitative estimate of drug-likeness (QED) is 0.458. The van der Waals surface area contributed by atoms with Gasteiger partial charge in [-0.05, 0) is 49.1 Å². The Bertz CT molecular complexity index is 946. The Balaban J connectivity index is 1.91. The van der Waals surface area contributed by atoms with Gasteiger partial charge >= 0.3 is 0 Å². The van der Waals surface area contributed by atoms with Gasteiger partial charge in [0.25, 0.3) is 11.8 Å². The van der Waals surface area contributed by atoms with Gasteiger partial charge < -0.3 is 14.8 Å². The minimum atomic E-state index is -0.322. The molecule has 2 aromatic carbocycles. The number of imide groups is 1. The van der Waals surface area contributed by atoms with Crippen LogP contribution in [0.3, 0.4) is 0 Å². The number of hydrogen-bond donors (Lipinski definition) is 1. The Labute approximate surface area is 183 Å². The summed E-state index contributed by atoms with van der Waals surface area (Å²) in [7, 11) is 1.60. The summed E-state index contributed by atoms with van der Waals surface area (Å²) in [5.74, 6) is 0.533. The zero-order valence-corrected chi connectivity index (χ0v) is 18.6. The van der Waals surface area contributed by atoms with Gasteiger partial charge in [0.1, 0.15) is 11.4 Å². The van der Waals surface area contributed by atoms with Crippen molar-refractivity contribution in [1.29, 1.82) is 0 Å². The fraction of sp³-hybridized carbons (Fsp3) is 0.360. The number of hydrogen-bond acceptors (Lipinski definition) is 5. The molecule has 1 aliphatic rings. The molecule has 0 radical (unpaired) electrons. The third-order valence-corrected chi connectivity index (χ3v) is 4.95. The van der Waals surface area contributed by atoms with Crippen LogP contribution in [0.15, 0.2) is 54.2 Å². The highest BCUT2D eigenvalue weighted by Crippen LogP contribution is 2.31. The summed E-state index contributed by atoms with van der Waals surface area (Å²) in [6.45, 7) is 7.58. The second-order valence-corrected chi connectivity index (χ2v) is 8.08. The first kappa shape index (κ1) is 22.6. The zero-order valence-electron chi connectivity index (χ0n) is 18.6. The van der Waals surface area contributed by atoms with E-state index in [0.29, 0.717) is 48.9 Å². The number of benzene rings is 2. The molecule has 3 rings (SSSR count). The smallest absolute Gasteiger partial charge is 0.278 e. The van der Waals surface area contributed by atoms with Crippen molar-refractivity contribution >= 4 is 23.1 Å². The minimum Gasteiger partial charge on any atom is -0.493 e. The number of aryl methyl sites for hydroxylation is 1. The molecule has 0 bridgehead atoms. The molecule has 164 valence electrons. The van der Waals surface area contributed by atoms with Crippen LogP contribution in [0.4, 0.5) is 5.69 Å². The monoisotopic (exact) mass is 422 g/mol. The summed E-state index contributed by atoms with van der Waals surface area (Å²) in [6.07, 6.45) is 0.584. The van der Waals surface area contributed by atoms with Crippen molar-refractivity contribution in [1.82, 2.24) is 4.90 Å². The van der Waals surface area contributed by atoms with E-state index in [-0.39, 0.29) is 11.8 Å². The van der Waals surface area contributed by atoms with Crippen molar-refractivity contribution < 1.29 is 19.1 Å². The number of rotatable bonds is 10. The maximum absolute atomic E-state index is 13.2. The van der Waals surface area contributed by atoms with Crippen molar-refractivity contribution in [2.45, 2.75) is 27.2 Å². The minimum absolute atomic E-state index is 0.294. The van der Waals surface area contributed by atoms with E-state index < -0.39 is 0 Å². The molecule has 0 spiro atoms. The molecule has 0 saturated carbocycles. The molecule has 2 aromatic rings. The van der Waals surface area contributed by atoms with Gasteiger partial charge in [-0.1, -0.05) is 43.7 Å². The van der Waals surface area contributed by atoms with Crippen LogP contribution in [0.5, 0.6) is 5.75 Å². The summed E-state index contributed by atoms with van der Waals surface area (Å²) in [6, 6.07) is 15.0. The summed E-state index contributed by atoms with van der Waals surface area (Å²) < 4.78 is 10.8. The third-order valence-electron chi connectivity index (χ3n) is 4.95. The molecular formula is C25H30N2O4. The molecule has 31 heavy (non-hydrogen) atoms. The molecule has 1 N–H and O–H groups in total. The first-order valence-electron chi connectivity index (χ1n) is 10.6. The van der Waals surface area contributed by atoms with Gasteiger partial charge in [-0.3, -0.25) is 14.5 Å². The highest BCUT2D eigenvalue weighted by molar-refractivity contribution is 6.36. The van der Waals surface area contributed by atoms with Gasteiger partial charge in [-0.25, -0.2) is 0 Å². The van der Waals surface area contributed by atoms with Crippen LogP contribution in [-0.4, -0.2) is 43.6 Å². The van der Waals surface area contributed by atoms with E-state index in [2.05, 4.69) is 19.2 Å². The molecule has 0 aromatic heterocycles. The number of methoxy groups -OCH3 is 1. The summed E-state index contributed by atoms with van der Waals surface area (Å²) >= 11 is 0. The molecule has 0 saturated heterocycles. The van der Waals surface area contributed by atoms with Gasteiger partial charge in [0.05, 0.1) is 12.2 Å². The summed E-state index contributed by atoms with van der Waals surface area (Å²) in [5, 5.41) is 3.18. The number of anilines is 1. The van der Waals surface area contributed by atoms with E-state index in [1.165, 1.54) is 4.90 Å². The normalized spacial score (nSPS) is 14.0. The molecule has 0 unspecified atom stereocenters.